The molecule has 291 valence electrons. The van der Waals surface area contributed by atoms with E-state index in [-0.39, 0.29) is 21.7 Å². The molecule has 3 heterocycles. The highest BCUT2D eigenvalue weighted by Crippen LogP contribution is 2.50. The molecule has 4 heteroatoms. The molecule has 0 bridgehead atoms. The van der Waals surface area contributed by atoms with Crippen molar-refractivity contribution in [2.45, 2.75) is 118 Å². The predicted octanol–water partition coefficient (Wildman–Crippen LogP) is 14.1. The fourth-order valence-corrected chi connectivity index (χ4v) is 11.2. The average molecular weight is 776 g/mol. The Morgan fingerprint density at radius 3 is 2.07 bits per heavy atom. The summed E-state index contributed by atoms with van der Waals surface area (Å²) >= 11 is 1.90. The zero-order chi connectivity index (χ0) is 40.8. The van der Waals surface area contributed by atoms with Gasteiger partial charge in [0.05, 0.1) is 5.52 Å². The van der Waals surface area contributed by atoms with Crippen molar-refractivity contribution in [1.82, 2.24) is 4.57 Å². The minimum atomic E-state index is -0.000233. The van der Waals surface area contributed by atoms with Crippen LogP contribution in [0.5, 0.6) is 0 Å². The van der Waals surface area contributed by atoms with Gasteiger partial charge in [0.1, 0.15) is 0 Å². The number of nitrogens with one attached hydrogen (secondary N) is 1. The minimum absolute atomic E-state index is 0.000233. The van der Waals surface area contributed by atoms with E-state index >= 15 is 0 Å². The second kappa shape index (κ2) is 12.4. The highest BCUT2D eigenvalue weighted by molar-refractivity contribution is 7.26. The summed E-state index contributed by atoms with van der Waals surface area (Å²) in [6, 6.07) is 35.7. The van der Waals surface area contributed by atoms with Gasteiger partial charge in [-0.25, -0.2) is 0 Å². The lowest BCUT2D eigenvalue weighted by molar-refractivity contribution is 0.332. The number of anilines is 2. The number of aryl methyl sites for hydroxylation is 2. The lowest BCUT2D eigenvalue weighted by Gasteiger charge is -2.42. The van der Waals surface area contributed by atoms with Gasteiger partial charge in [0.25, 0.3) is 0 Å². The molecule has 2 aromatic heterocycles. The molecule has 10 rings (SSSR count). The van der Waals surface area contributed by atoms with Crippen molar-refractivity contribution in [3.05, 3.63) is 124 Å². The van der Waals surface area contributed by atoms with Crippen molar-refractivity contribution in [2.24, 2.45) is 0 Å². The number of fused-ring (bicyclic) bond motifs is 9. The first-order valence-corrected chi connectivity index (χ1v) is 22.1. The molecule has 2 aliphatic rings. The highest BCUT2D eigenvalue weighted by Gasteiger charge is 2.38. The van der Waals surface area contributed by atoms with Gasteiger partial charge in [0.15, 0.2) is 7.28 Å². The summed E-state index contributed by atoms with van der Waals surface area (Å²) in [6.45, 7) is 28.3. The smallest absolute Gasteiger partial charge is 0.197 e. The van der Waals surface area contributed by atoms with Crippen LogP contribution in [0, 0.1) is 13.8 Å². The first-order chi connectivity index (χ1) is 27.3. The van der Waals surface area contributed by atoms with Crippen LogP contribution in [0.25, 0.3) is 58.8 Å². The largest absolute Gasteiger partial charge is 0.355 e. The third kappa shape index (κ3) is 5.65. The van der Waals surface area contributed by atoms with Gasteiger partial charge in [-0.2, -0.15) is 0 Å². The van der Waals surface area contributed by atoms with Crippen LogP contribution in [0.4, 0.5) is 11.4 Å². The SMILES string of the molecule is Cc1cc(-c2c(Nc3cc4c(cc3C)C(C)(C)CCC4(C)C)ccc3sc4ccccc4c23)c2c(c1)-n1c3ccc(C(C)(C)C)cc3c3cc(C(C)(C)C)cc(c31)[B]2. The molecule has 2 nitrogen and oxygen atoms in total. The Morgan fingerprint density at radius 1 is 0.655 bits per heavy atom. The summed E-state index contributed by atoms with van der Waals surface area (Å²) in [5.41, 5.74) is 19.9. The number of aromatic nitrogens is 1. The third-order valence-electron chi connectivity index (χ3n) is 13.7. The Kier molecular flexibility index (Phi) is 7.99. The molecular formula is C54H56BN2S. The lowest BCUT2D eigenvalue weighted by atomic mass is 9.58. The van der Waals surface area contributed by atoms with E-state index in [0.717, 1.165) is 5.69 Å². The molecule has 0 amide bonds. The zero-order valence-electron chi connectivity index (χ0n) is 36.5. The van der Waals surface area contributed by atoms with Gasteiger partial charge >= 0.3 is 0 Å². The first-order valence-electron chi connectivity index (χ1n) is 21.3. The van der Waals surface area contributed by atoms with Gasteiger partial charge in [-0.3, -0.25) is 0 Å². The number of nitrogens with zero attached hydrogens (tertiary/aromatic N) is 1. The topological polar surface area (TPSA) is 17.0 Å². The van der Waals surface area contributed by atoms with E-state index < -0.39 is 0 Å². The normalized spacial score (nSPS) is 15.9. The number of hydrogen-bond donors (Lipinski definition) is 1. The number of rotatable bonds is 3. The maximum absolute atomic E-state index is 4.12. The van der Waals surface area contributed by atoms with Crippen LogP contribution >= 0.6 is 11.3 Å². The van der Waals surface area contributed by atoms with E-state index in [1.807, 2.05) is 11.3 Å². The second-order valence-corrected chi connectivity index (χ2v) is 22.1. The number of thiophene rings is 1. The van der Waals surface area contributed by atoms with Gasteiger partial charge in [0.2, 0.25) is 0 Å². The van der Waals surface area contributed by atoms with E-state index in [1.54, 1.807) is 0 Å². The molecule has 0 saturated carbocycles. The average Bonchev–Trinajstić information content (AvgIpc) is 3.70. The second-order valence-electron chi connectivity index (χ2n) is 21.0. The van der Waals surface area contributed by atoms with E-state index in [1.165, 1.54) is 122 Å². The number of hydrogen-bond acceptors (Lipinski definition) is 2. The van der Waals surface area contributed by atoms with Crippen LogP contribution in [0.1, 0.15) is 115 Å². The van der Waals surface area contributed by atoms with Crippen molar-refractivity contribution in [3.63, 3.8) is 0 Å². The quantitative estimate of drug-likeness (QED) is 0.177. The van der Waals surface area contributed by atoms with E-state index in [9.17, 15) is 0 Å². The summed E-state index contributed by atoms with van der Waals surface area (Å²) in [5.74, 6) is 0. The summed E-state index contributed by atoms with van der Waals surface area (Å²) in [5, 5.41) is 9.45. The first kappa shape index (κ1) is 37.5. The van der Waals surface area contributed by atoms with Crippen LogP contribution in [0.2, 0.25) is 0 Å². The molecule has 1 N–H and O–H groups in total. The molecule has 1 aliphatic heterocycles. The summed E-state index contributed by atoms with van der Waals surface area (Å²) in [7, 11) is 2.51. The monoisotopic (exact) mass is 775 g/mol. The predicted molar refractivity (Wildman–Crippen MR) is 256 cm³/mol. The molecule has 1 aliphatic carbocycles. The van der Waals surface area contributed by atoms with Crippen LogP contribution in [-0.4, -0.2) is 11.8 Å². The Labute approximate surface area is 349 Å². The van der Waals surface area contributed by atoms with Crippen molar-refractivity contribution < 1.29 is 0 Å². The Morgan fingerprint density at radius 2 is 1.34 bits per heavy atom. The lowest BCUT2D eigenvalue weighted by Crippen LogP contribution is -2.38. The van der Waals surface area contributed by atoms with E-state index in [4.69, 9.17) is 0 Å². The molecule has 58 heavy (non-hydrogen) atoms. The molecule has 1 radical (unpaired) electrons. The molecule has 0 fully saturated rings. The van der Waals surface area contributed by atoms with E-state index in [0.29, 0.717) is 0 Å². The van der Waals surface area contributed by atoms with Gasteiger partial charge < -0.3 is 9.88 Å². The van der Waals surface area contributed by atoms with Crippen LogP contribution in [-0.2, 0) is 21.7 Å². The van der Waals surface area contributed by atoms with Gasteiger partial charge in [-0.15, -0.1) is 11.3 Å². The fraction of sp³-hybridized carbons (Fsp3) is 0.333. The molecule has 0 spiro atoms. The van der Waals surface area contributed by atoms with Gasteiger partial charge in [-0.05, 0) is 141 Å². The summed E-state index contributed by atoms with van der Waals surface area (Å²) < 4.78 is 5.22. The minimum Gasteiger partial charge on any atom is -0.355 e. The fourth-order valence-electron chi connectivity index (χ4n) is 10.1. The van der Waals surface area contributed by atoms with Crippen molar-refractivity contribution in [2.75, 3.05) is 5.32 Å². The summed E-state index contributed by atoms with van der Waals surface area (Å²) in [6.07, 6.45) is 2.40. The Hall–Kier alpha value is -4.80. The van der Waals surface area contributed by atoms with Crippen LogP contribution < -0.4 is 16.2 Å². The zero-order valence-corrected chi connectivity index (χ0v) is 37.3. The highest BCUT2D eigenvalue weighted by atomic mass is 32.1. The van der Waals surface area contributed by atoms with Crippen molar-refractivity contribution in [1.29, 1.82) is 0 Å². The van der Waals surface area contributed by atoms with Gasteiger partial charge in [0, 0.05) is 59.1 Å². The standard InChI is InChI=1S/C54H56BN2S/c1-30-23-37(49-44(24-30)57-43-19-17-32(51(3,4)5)26-35(43)36-27-33(52(6,7)8)28-40(55-49)50(36)57)47-41(18-20-46-48(47)34-15-13-14-16-45(34)58-46)56-42-29-39-38(25-31(42)2)53(9,10)21-22-54(39,11)12/h13-20,23-29,56H,21-22H2,1-12H3. The van der Waals surface area contributed by atoms with Crippen molar-refractivity contribution in [3.8, 4) is 16.8 Å². The van der Waals surface area contributed by atoms with Crippen LogP contribution in [0.3, 0.4) is 0 Å². The maximum Gasteiger partial charge on any atom is 0.197 e. The molecule has 0 saturated heterocycles. The van der Waals surface area contributed by atoms with E-state index in [2.05, 4.69) is 191 Å². The van der Waals surface area contributed by atoms with Crippen molar-refractivity contribution >= 4 is 82.9 Å². The molecule has 8 aromatic rings. The Balaban J connectivity index is 1.27. The maximum atomic E-state index is 4.12. The molecule has 0 atom stereocenters. The number of benzene rings is 6. The summed E-state index contributed by atoms with van der Waals surface area (Å²) in [4.78, 5) is 0. The third-order valence-corrected chi connectivity index (χ3v) is 14.9. The molecule has 0 unspecified atom stereocenters. The Bertz CT molecular complexity index is 3050. The van der Waals surface area contributed by atoms with Crippen LogP contribution in [0.15, 0.2) is 91.0 Å². The molecular weight excluding hydrogens is 719 g/mol. The van der Waals surface area contributed by atoms with Gasteiger partial charge in [-0.1, -0.05) is 117 Å². The molecule has 6 aromatic carbocycles.